The predicted octanol–water partition coefficient (Wildman–Crippen LogP) is 3.97. The summed E-state index contributed by atoms with van der Waals surface area (Å²) in [6.07, 6.45) is 1.67. The van der Waals surface area contributed by atoms with Crippen molar-refractivity contribution in [2.45, 2.75) is 26.9 Å². The maximum absolute atomic E-state index is 13.9. The smallest absolute Gasteiger partial charge is 0.277 e. The minimum atomic E-state index is -0.870. The molecule has 9 heteroatoms. The van der Waals surface area contributed by atoms with E-state index in [0.717, 1.165) is 24.5 Å². The van der Waals surface area contributed by atoms with Gasteiger partial charge in [-0.1, -0.05) is 6.07 Å². The van der Waals surface area contributed by atoms with Gasteiger partial charge in [-0.2, -0.15) is 4.68 Å². The van der Waals surface area contributed by atoms with Crippen molar-refractivity contribution >= 4 is 0 Å². The van der Waals surface area contributed by atoms with Crippen molar-refractivity contribution in [3.63, 3.8) is 0 Å². The van der Waals surface area contributed by atoms with E-state index < -0.39 is 23.2 Å². The quantitative estimate of drug-likeness (QED) is 0.686. The van der Waals surface area contributed by atoms with Gasteiger partial charge in [0, 0.05) is 0 Å². The molecule has 0 unspecified atom stereocenters. The lowest BCUT2D eigenvalue weighted by molar-refractivity contribution is 0.222. The van der Waals surface area contributed by atoms with Gasteiger partial charge in [0.2, 0.25) is 5.75 Å². The summed E-state index contributed by atoms with van der Waals surface area (Å²) in [7, 11) is 0. The fourth-order valence-electron chi connectivity index (χ4n) is 2.17. The van der Waals surface area contributed by atoms with Gasteiger partial charge in [-0.25, -0.2) is 23.1 Å². The van der Waals surface area contributed by atoms with Crippen LogP contribution in [0, 0.1) is 24.4 Å². The molecule has 3 rings (SSSR count). The lowest BCUT2D eigenvalue weighted by Crippen LogP contribution is -2.08. The summed E-state index contributed by atoms with van der Waals surface area (Å²) in [5.41, 5.74) is 0.329. The second kappa shape index (κ2) is 7.03. The monoisotopic (exact) mass is 364 g/mol. The zero-order valence-corrected chi connectivity index (χ0v) is 14.2. The maximum atomic E-state index is 13.9. The zero-order valence-electron chi connectivity index (χ0n) is 14.2. The van der Waals surface area contributed by atoms with E-state index in [1.54, 1.807) is 20.8 Å². The summed E-state index contributed by atoms with van der Waals surface area (Å²) < 4.78 is 53.2. The van der Waals surface area contributed by atoms with Gasteiger partial charge in [-0.05, 0) is 32.9 Å². The normalized spacial score (nSPS) is 11.0. The summed E-state index contributed by atoms with van der Waals surface area (Å²) in [5, 5.41) is 4.18. The van der Waals surface area contributed by atoms with Gasteiger partial charge in [-0.15, -0.1) is 5.10 Å². The van der Waals surface area contributed by atoms with E-state index in [4.69, 9.17) is 9.47 Å². The van der Waals surface area contributed by atoms with Crippen molar-refractivity contribution in [3.8, 4) is 23.3 Å². The third-order valence-corrected chi connectivity index (χ3v) is 3.30. The van der Waals surface area contributed by atoms with Crippen LogP contribution in [-0.4, -0.2) is 25.9 Å². The third-order valence-electron chi connectivity index (χ3n) is 3.30. The Kier molecular flexibility index (Phi) is 4.79. The number of hydrogen-bond donors (Lipinski definition) is 0. The largest absolute Gasteiger partial charge is 0.471 e. The molecule has 3 aromatic rings. The highest BCUT2D eigenvalue weighted by molar-refractivity contribution is 5.44. The van der Waals surface area contributed by atoms with Crippen LogP contribution in [0.2, 0.25) is 0 Å². The van der Waals surface area contributed by atoms with Crippen LogP contribution in [0.3, 0.4) is 0 Å². The SMILES string of the molecule is Cc1c(Oc2c(F)cccc2F)c(OC(C)C)nn1-c1ncc(F)cn1. The Hall–Kier alpha value is -3.10. The molecule has 0 aliphatic rings. The standard InChI is InChI=1S/C17H15F3N4O2/c1-9(2)25-16-14(26-15-12(19)5-4-6-13(15)20)10(3)24(23-16)17-21-7-11(18)8-22-17/h4-9H,1-3H3. The van der Waals surface area contributed by atoms with Crippen molar-refractivity contribution in [1.29, 1.82) is 0 Å². The Balaban J connectivity index is 2.09. The van der Waals surface area contributed by atoms with Gasteiger partial charge in [0.25, 0.3) is 11.8 Å². The van der Waals surface area contributed by atoms with Gasteiger partial charge in [0.15, 0.2) is 23.2 Å². The average Bonchev–Trinajstić information content (AvgIpc) is 2.87. The Morgan fingerprint density at radius 1 is 1.00 bits per heavy atom. The van der Waals surface area contributed by atoms with Crippen molar-refractivity contribution in [2.75, 3.05) is 0 Å². The summed E-state index contributed by atoms with van der Waals surface area (Å²) in [6.45, 7) is 5.10. The fourth-order valence-corrected chi connectivity index (χ4v) is 2.17. The summed E-state index contributed by atoms with van der Waals surface area (Å²) in [4.78, 5) is 7.68. The Morgan fingerprint density at radius 2 is 1.62 bits per heavy atom. The van der Waals surface area contributed by atoms with E-state index >= 15 is 0 Å². The van der Waals surface area contributed by atoms with Gasteiger partial charge >= 0.3 is 0 Å². The molecule has 6 nitrogen and oxygen atoms in total. The number of nitrogens with zero attached hydrogens (tertiary/aromatic N) is 4. The van der Waals surface area contributed by atoms with E-state index in [1.807, 2.05) is 0 Å². The molecule has 136 valence electrons. The molecule has 0 bridgehead atoms. The lowest BCUT2D eigenvalue weighted by Gasteiger charge is -2.11. The highest BCUT2D eigenvalue weighted by Gasteiger charge is 2.24. The first-order chi connectivity index (χ1) is 12.4. The topological polar surface area (TPSA) is 62.1 Å². The lowest BCUT2D eigenvalue weighted by atomic mass is 10.3. The highest BCUT2D eigenvalue weighted by atomic mass is 19.1. The molecule has 0 aliphatic heterocycles. The second-order valence-electron chi connectivity index (χ2n) is 5.65. The van der Waals surface area contributed by atoms with Gasteiger partial charge < -0.3 is 9.47 Å². The zero-order chi connectivity index (χ0) is 18.8. The first kappa shape index (κ1) is 17.7. The molecule has 0 atom stereocenters. The van der Waals surface area contributed by atoms with Crippen molar-refractivity contribution in [2.24, 2.45) is 0 Å². The van der Waals surface area contributed by atoms with Gasteiger partial charge in [0.1, 0.15) is 0 Å². The number of aromatic nitrogens is 4. The molecule has 0 saturated heterocycles. The first-order valence-corrected chi connectivity index (χ1v) is 7.73. The van der Waals surface area contributed by atoms with Crippen LogP contribution >= 0.6 is 0 Å². The second-order valence-corrected chi connectivity index (χ2v) is 5.65. The van der Waals surface area contributed by atoms with Crippen LogP contribution in [0.4, 0.5) is 13.2 Å². The summed E-state index contributed by atoms with van der Waals surface area (Å²) in [5.74, 6) is -2.85. The third kappa shape index (κ3) is 3.46. The van der Waals surface area contributed by atoms with E-state index in [1.165, 1.54) is 10.7 Å². The molecular formula is C17H15F3N4O2. The van der Waals surface area contributed by atoms with E-state index in [2.05, 4.69) is 15.1 Å². The van der Waals surface area contributed by atoms with E-state index in [-0.39, 0.29) is 23.7 Å². The molecular weight excluding hydrogens is 349 g/mol. The maximum Gasteiger partial charge on any atom is 0.277 e. The highest BCUT2D eigenvalue weighted by Crippen LogP contribution is 2.37. The minimum Gasteiger partial charge on any atom is -0.471 e. The Labute approximate surface area is 147 Å². The Morgan fingerprint density at radius 3 is 2.19 bits per heavy atom. The Bertz CT molecular complexity index is 906. The van der Waals surface area contributed by atoms with E-state index in [0.29, 0.717) is 5.69 Å². The number of hydrogen-bond acceptors (Lipinski definition) is 5. The number of halogens is 3. The van der Waals surface area contributed by atoms with Crippen molar-refractivity contribution in [3.05, 3.63) is 53.7 Å². The summed E-state index contributed by atoms with van der Waals surface area (Å²) >= 11 is 0. The number of rotatable bonds is 5. The van der Waals surface area contributed by atoms with Crippen LogP contribution in [0.5, 0.6) is 17.4 Å². The molecule has 26 heavy (non-hydrogen) atoms. The van der Waals surface area contributed by atoms with Crippen LogP contribution < -0.4 is 9.47 Å². The molecule has 0 spiro atoms. The number of benzene rings is 1. The van der Waals surface area contributed by atoms with Gasteiger partial charge in [0.05, 0.1) is 24.2 Å². The van der Waals surface area contributed by atoms with Crippen molar-refractivity contribution < 1.29 is 22.6 Å². The molecule has 0 N–H and O–H groups in total. The van der Waals surface area contributed by atoms with Crippen LogP contribution in [0.1, 0.15) is 19.5 Å². The van der Waals surface area contributed by atoms with Crippen LogP contribution in [0.15, 0.2) is 30.6 Å². The molecule has 2 aromatic heterocycles. The fraction of sp³-hybridized carbons (Fsp3) is 0.235. The molecule has 0 aliphatic carbocycles. The van der Waals surface area contributed by atoms with Crippen LogP contribution in [0.25, 0.3) is 5.95 Å². The molecule has 0 saturated carbocycles. The van der Waals surface area contributed by atoms with E-state index in [9.17, 15) is 13.2 Å². The minimum absolute atomic E-state index is 0.00748. The predicted molar refractivity (Wildman–Crippen MR) is 86.0 cm³/mol. The molecule has 2 heterocycles. The van der Waals surface area contributed by atoms with Crippen molar-refractivity contribution in [1.82, 2.24) is 19.7 Å². The van der Waals surface area contributed by atoms with Crippen LogP contribution in [-0.2, 0) is 0 Å². The molecule has 0 fully saturated rings. The average molecular weight is 364 g/mol. The number of ether oxygens (including phenoxy) is 2. The molecule has 0 amide bonds. The number of para-hydroxylation sites is 1. The summed E-state index contributed by atoms with van der Waals surface area (Å²) in [6, 6.07) is 3.38. The van der Waals surface area contributed by atoms with Gasteiger partial charge in [-0.3, -0.25) is 0 Å². The molecule has 1 aromatic carbocycles. The molecule has 0 radical (unpaired) electrons. The first-order valence-electron chi connectivity index (χ1n) is 7.73.